The van der Waals surface area contributed by atoms with E-state index >= 15 is 0 Å². The van der Waals surface area contributed by atoms with Crippen LogP contribution in [-0.2, 0) is 38.2 Å². The SMILES string of the molecule is [CH2+]COC(=O)CCC(=O)C(=O)NCCCC(=O)C(=O)NCC(=O)OCC. The van der Waals surface area contributed by atoms with Crippen molar-refractivity contribution in [1.29, 1.82) is 0 Å². The van der Waals surface area contributed by atoms with E-state index in [-0.39, 0.29) is 45.4 Å². The van der Waals surface area contributed by atoms with Crippen LogP contribution in [0.3, 0.4) is 0 Å². The van der Waals surface area contributed by atoms with Gasteiger partial charge in [-0.15, -0.1) is 0 Å². The third-order valence-electron chi connectivity index (χ3n) is 2.89. The van der Waals surface area contributed by atoms with Gasteiger partial charge in [-0.05, 0) is 13.3 Å². The van der Waals surface area contributed by atoms with Crippen molar-refractivity contribution in [2.24, 2.45) is 0 Å². The maximum absolute atomic E-state index is 11.5. The van der Waals surface area contributed by atoms with Crippen LogP contribution in [0, 0.1) is 6.92 Å². The molecular weight excluding hydrogens is 348 g/mol. The van der Waals surface area contributed by atoms with Crippen molar-refractivity contribution in [3.05, 3.63) is 6.92 Å². The molecule has 2 N–H and O–H groups in total. The monoisotopic (exact) mass is 371 g/mol. The number of carbonyl (C=O) groups excluding carboxylic acids is 6. The van der Waals surface area contributed by atoms with Crippen molar-refractivity contribution in [3.8, 4) is 0 Å². The van der Waals surface area contributed by atoms with Crippen LogP contribution in [0.25, 0.3) is 0 Å². The Hall–Kier alpha value is -2.91. The summed E-state index contributed by atoms with van der Waals surface area (Å²) < 4.78 is 9.12. The van der Waals surface area contributed by atoms with E-state index in [1.54, 1.807) is 6.92 Å². The molecule has 0 bridgehead atoms. The summed E-state index contributed by atoms with van der Waals surface area (Å²) in [7, 11) is 0. The molecule has 10 nitrogen and oxygen atoms in total. The van der Waals surface area contributed by atoms with Gasteiger partial charge in [-0.2, -0.15) is 0 Å². The first-order chi connectivity index (χ1) is 12.3. The zero-order valence-electron chi connectivity index (χ0n) is 14.6. The summed E-state index contributed by atoms with van der Waals surface area (Å²) in [4.78, 5) is 68.0. The number of hydrogen-bond donors (Lipinski definition) is 2. The van der Waals surface area contributed by atoms with Gasteiger partial charge >= 0.3 is 11.9 Å². The number of carbonyl (C=O) groups is 6. The van der Waals surface area contributed by atoms with Crippen LogP contribution >= 0.6 is 0 Å². The van der Waals surface area contributed by atoms with E-state index in [1.165, 1.54) is 0 Å². The number of esters is 2. The molecule has 0 saturated carbocycles. The van der Waals surface area contributed by atoms with Gasteiger partial charge in [-0.1, -0.05) is 0 Å². The third kappa shape index (κ3) is 10.8. The molecule has 0 atom stereocenters. The van der Waals surface area contributed by atoms with Gasteiger partial charge in [0.05, 0.1) is 13.0 Å². The number of nitrogens with one attached hydrogen (secondary N) is 2. The zero-order chi connectivity index (χ0) is 19.9. The lowest BCUT2D eigenvalue weighted by molar-refractivity contribution is -0.145. The number of rotatable bonds is 13. The zero-order valence-corrected chi connectivity index (χ0v) is 14.6. The highest BCUT2D eigenvalue weighted by atomic mass is 16.5. The quantitative estimate of drug-likeness (QED) is 0.179. The van der Waals surface area contributed by atoms with Crippen molar-refractivity contribution in [3.63, 3.8) is 0 Å². The van der Waals surface area contributed by atoms with Crippen molar-refractivity contribution in [2.75, 3.05) is 26.3 Å². The maximum atomic E-state index is 11.5. The van der Waals surface area contributed by atoms with Crippen LogP contribution in [0.1, 0.15) is 32.6 Å². The summed E-state index contributed by atoms with van der Waals surface area (Å²) in [6, 6.07) is 0. The highest BCUT2D eigenvalue weighted by Gasteiger charge is 2.17. The minimum atomic E-state index is -0.926. The molecule has 0 aromatic rings. The normalized spacial score (nSPS) is 9.73. The van der Waals surface area contributed by atoms with Gasteiger partial charge in [0.1, 0.15) is 13.5 Å². The van der Waals surface area contributed by atoms with Crippen molar-refractivity contribution in [2.45, 2.75) is 32.6 Å². The average molecular weight is 371 g/mol. The van der Waals surface area contributed by atoms with Crippen LogP contribution < -0.4 is 10.6 Å². The minimum absolute atomic E-state index is 0.00476. The van der Waals surface area contributed by atoms with E-state index in [0.717, 1.165) is 0 Å². The van der Waals surface area contributed by atoms with Crippen LogP contribution in [0.15, 0.2) is 0 Å². The fourth-order valence-electron chi connectivity index (χ4n) is 1.64. The molecule has 0 saturated heterocycles. The Morgan fingerprint density at radius 3 is 2.04 bits per heavy atom. The molecule has 2 amide bonds. The van der Waals surface area contributed by atoms with Gasteiger partial charge < -0.3 is 20.1 Å². The summed E-state index contributed by atoms with van der Waals surface area (Å²) >= 11 is 0. The topological polar surface area (TPSA) is 145 Å². The summed E-state index contributed by atoms with van der Waals surface area (Å²) in [5.41, 5.74) is 0. The predicted octanol–water partition coefficient (Wildman–Crippen LogP) is -1.14. The molecule has 0 aromatic heterocycles. The Balaban J connectivity index is 3.92. The summed E-state index contributed by atoms with van der Waals surface area (Å²) in [6.07, 6.45) is -0.548. The summed E-state index contributed by atoms with van der Waals surface area (Å²) in [5, 5.41) is 4.41. The Morgan fingerprint density at radius 1 is 0.808 bits per heavy atom. The molecule has 0 aliphatic carbocycles. The highest BCUT2D eigenvalue weighted by molar-refractivity contribution is 6.37. The molecule has 0 unspecified atom stereocenters. The van der Waals surface area contributed by atoms with E-state index < -0.39 is 41.9 Å². The van der Waals surface area contributed by atoms with Crippen LogP contribution in [-0.4, -0.2) is 61.6 Å². The first-order valence-electron chi connectivity index (χ1n) is 8.04. The molecule has 0 aliphatic rings. The highest BCUT2D eigenvalue weighted by Crippen LogP contribution is 1.96. The molecular formula is C16H23N2O8+. The smallest absolute Gasteiger partial charge is 0.325 e. The average Bonchev–Trinajstić information content (AvgIpc) is 2.61. The summed E-state index contributed by atoms with van der Waals surface area (Å²) in [5.74, 6) is -4.63. The van der Waals surface area contributed by atoms with Crippen molar-refractivity contribution >= 4 is 35.3 Å². The Bertz CT molecular complexity index is 496. The second-order valence-corrected chi connectivity index (χ2v) is 4.91. The largest absolute Gasteiger partial charge is 0.465 e. The van der Waals surface area contributed by atoms with Crippen LogP contribution in [0.2, 0.25) is 0 Å². The van der Waals surface area contributed by atoms with E-state index in [1.807, 2.05) is 0 Å². The lowest BCUT2D eigenvalue weighted by Gasteiger charge is -2.05. The van der Waals surface area contributed by atoms with E-state index in [4.69, 9.17) is 0 Å². The number of amides is 2. The standard InChI is InChI=1S/C16H22N2O8/c1-3-25-13(21)8-7-12(20)15(23)17-9-5-6-11(19)16(24)18-10-14(22)26-4-2/h1,3-10H2,2H3,(H-,17,18,23,24)/p+1. The lowest BCUT2D eigenvalue weighted by Crippen LogP contribution is -2.36. The number of ether oxygens (including phenoxy) is 2. The Labute approximate surface area is 151 Å². The molecule has 0 heterocycles. The molecule has 0 aromatic carbocycles. The van der Waals surface area contributed by atoms with Crippen LogP contribution in [0.5, 0.6) is 0 Å². The molecule has 0 radical (unpaired) electrons. The van der Waals surface area contributed by atoms with E-state index in [0.29, 0.717) is 0 Å². The number of Topliss-reactive ketones (excluding diaryl/α,β-unsaturated/α-hetero) is 2. The Morgan fingerprint density at radius 2 is 1.42 bits per heavy atom. The molecule has 144 valence electrons. The van der Waals surface area contributed by atoms with E-state index in [9.17, 15) is 28.8 Å². The second-order valence-electron chi connectivity index (χ2n) is 4.91. The van der Waals surface area contributed by atoms with Crippen molar-refractivity contribution in [1.82, 2.24) is 10.6 Å². The third-order valence-corrected chi connectivity index (χ3v) is 2.89. The molecule has 0 spiro atoms. The minimum Gasteiger partial charge on any atom is -0.465 e. The second kappa shape index (κ2) is 13.4. The fourth-order valence-corrected chi connectivity index (χ4v) is 1.64. The first kappa shape index (κ1) is 23.1. The predicted molar refractivity (Wildman–Crippen MR) is 87.5 cm³/mol. The van der Waals surface area contributed by atoms with Gasteiger partial charge in [0, 0.05) is 19.4 Å². The molecule has 26 heavy (non-hydrogen) atoms. The van der Waals surface area contributed by atoms with Gasteiger partial charge in [0.2, 0.25) is 18.2 Å². The van der Waals surface area contributed by atoms with E-state index in [2.05, 4.69) is 27.0 Å². The molecule has 0 fully saturated rings. The first-order valence-corrected chi connectivity index (χ1v) is 8.04. The molecule has 0 rings (SSSR count). The van der Waals surface area contributed by atoms with Gasteiger partial charge in [-0.25, -0.2) is 0 Å². The van der Waals surface area contributed by atoms with Gasteiger partial charge in [0.25, 0.3) is 11.8 Å². The number of ketones is 2. The Kier molecular flexibility index (Phi) is 11.9. The summed E-state index contributed by atoms with van der Waals surface area (Å²) in [6.45, 7) is 4.63. The fraction of sp³-hybridized carbons (Fsp3) is 0.562. The molecule has 0 aliphatic heterocycles. The number of hydrogen-bond acceptors (Lipinski definition) is 8. The van der Waals surface area contributed by atoms with Gasteiger partial charge in [0.15, 0.2) is 0 Å². The van der Waals surface area contributed by atoms with Gasteiger partial charge in [-0.3, -0.25) is 28.8 Å². The van der Waals surface area contributed by atoms with Crippen LogP contribution in [0.4, 0.5) is 0 Å². The molecule has 10 heteroatoms. The maximum Gasteiger partial charge on any atom is 0.325 e. The lowest BCUT2D eigenvalue weighted by atomic mass is 10.2. The van der Waals surface area contributed by atoms with Crippen molar-refractivity contribution < 1.29 is 38.2 Å².